The van der Waals surface area contributed by atoms with E-state index in [1.54, 1.807) is 5.57 Å². The second kappa shape index (κ2) is 14.7. The van der Waals surface area contributed by atoms with E-state index in [-0.39, 0.29) is 12.1 Å². The quantitative estimate of drug-likeness (QED) is 0.182. The second-order valence-corrected chi connectivity index (χ2v) is 13.5. The average molecular weight is 511 g/mol. The predicted molar refractivity (Wildman–Crippen MR) is 158 cm³/mol. The zero-order chi connectivity index (χ0) is 26.8. The summed E-state index contributed by atoms with van der Waals surface area (Å²) in [6.45, 7) is 16.5. The van der Waals surface area contributed by atoms with E-state index in [0.717, 1.165) is 55.8 Å². The van der Waals surface area contributed by atoms with Crippen LogP contribution in [0.25, 0.3) is 0 Å². The van der Waals surface area contributed by atoms with Crippen LogP contribution in [0.2, 0.25) is 0 Å². The first-order valence-corrected chi connectivity index (χ1v) is 16.0. The van der Waals surface area contributed by atoms with Gasteiger partial charge in [0.25, 0.3) is 0 Å². The molecule has 0 heterocycles. The van der Waals surface area contributed by atoms with Crippen molar-refractivity contribution >= 4 is 5.97 Å². The van der Waals surface area contributed by atoms with Crippen LogP contribution < -0.4 is 0 Å². The molecule has 2 heteroatoms. The molecule has 0 saturated heterocycles. The molecule has 0 aromatic carbocycles. The lowest BCUT2D eigenvalue weighted by molar-refractivity contribution is -0.149. The molecule has 3 fully saturated rings. The molecule has 5 atom stereocenters. The highest BCUT2D eigenvalue weighted by Gasteiger charge is 2.50. The highest BCUT2D eigenvalue weighted by Crippen LogP contribution is 2.60. The number of hydrogen-bond donors (Lipinski definition) is 0. The van der Waals surface area contributed by atoms with Gasteiger partial charge in [0.05, 0.1) is 0 Å². The number of esters is 1. The van der Waals surface area contributed by atoms with Crippen molar-refractivity contribution < 1.29 is 9.53 Å². The van der Waals surface area contributed by atoms with Crippen molar-refractivity contribution in [3.05, 3.63) is 35.5 Å². The number of fused-ring (bicyclic) bond motifs is 1. The first-order chi connectivity index (χ1) is 17.7. The van der Waals surface area contributed by atoms with Crippen LogP contribution in [0.4, 0.5) is 0 Å². The van der Waals surface area contributed by atoms with Crippen molar-refractivity contribution in [1.82, 2.24) is 0 Å². The van der Waals surface area contributed by atoms with Gasteiger partial charge in [0.2, 0.25) is 0 Å². The van der Waals surface area contributed by atoms with Gasteiger partial charge in [-0.3, -0.25) is 4.79 Å². The lowest BCUT2D eigenvalue weighted by Crippen LogP contribution is -2.36. The minimum atomic E-state index is -0.00530. The summed E-state index contributed by atoms with van der Waals surface area (Å²) in [4.78, 5) is 12.4. The van der Waals surface area contributed by atoms with Gasteiger partial charge < -0.3 is 4.74 Å². The Morgan fingerprint density at radius 2 is 1.81 bits per heavy atom. The standard InChI is InChI=1S/C35H58O2/c1-7-8-9-10-11-17-34(36)37-31-21-18-27(4)30(25-31)20-19-29-16-13-24-35(6)32(22-23-33(29)35)28(5)15-12-14-26(2)3/h19-20,26,28,31-33H,4,7-18,21-25H2,1-3,5-6H3. The van der Waals surface area contributed by atoms with Gasteiger partial charge in [-0.05, 0) is 86.0 Å². The van der Waals surface area contributed by atoms with E-state index >= 15 is 0 Å². The summed E-state index contributed by atoms with van der Waals surface area (Å²) in [6, 6.07) is 0. The SMILES string of the molecule is C=C1CCC(OC(=O)CCCCCCC)CC1=CC=C1CCCC2(C)C1CCC2C(C)CCCC(C)C. The van der Waals surface area contributed by atoms with Crippen LogP contribution in [0.3, 0.4) is 0 Å². The minimum Gasteiger partial charge on any atom is -0.462 e. The van der Waals surface area contributed by atoms with Crippen molar-refractivity contribution in [1.29, 1.82) is 0 Å². The van der Waals surface area contributed by atoms with Gasteiger partial charge in [-0.15, -0.1) is 0 Å². The van der Waals surface area contributed by atoms with Gasteiger partial charge in [-0.1, -0.05) is 109 Å². The second-order valence-electron chi connectivity index (χ2n) is 13.5. The fraction of sp³-hybridized carbons (Fsp3) is 0.800. The summed E-state index contributed by atoms with van der Waals surface area (Å²) in [7, 11) is 0. The summed E-state index contributed by atoms with van der Waals surface area (Å²) in [6.07, 6.45) is 24.8. The molecule has 0 radical (unpaired) electrons. The minimum absolute atomic E-state index is 0.00530. The third-order valence-electron chi connectivity index (χ3n) is 10.1. The smallest absolute Gasteiger partial charge is 0.306 e. The normalized spacial score (nSPS) is 31.2. The van der Waals surface area contributed by atoms with Crippen molar-refractivity contribution in [2.75, 3.05) is 0 Å². The Kier molecular flexibility index (Phi) is 12.0. The van der Waals surface area contributed by atoms with Gasteiger partial charge in [-0.25, -0.2) is 0 Å². The summed E-state index contributed by atoms with van der Waals surface area (Å²) >= 11 is 0. The van der Waals surface area contributed by atoms with Gasteiger partial charge in [0, 0.05) is 12.8 Å². The van der Waals surface area contributed by atoms with E-state index in [1.807, 2.05) is 0 Å². The third kappa shape index (κ3) is 8.59. The Morgan fingerprint density at radius 1 is 1.03 bits per heavy atom. The molecule has 210 valence electrons. The molecule has 5 unspecified atom stereocenters. The van der Waals surface area contributed by atoms with Crippen LogP contribution in [0, 0.1) is 29.1 Å². The molecule has 3 aliphatic rings. The van der Waals surface area contributed by atoms with Crippen LogP contribution in [-0.4, -0.2) is 12.1 Å². The Balaban J connectivity index is 1.57. The monoisotopic (exact) mass is 510 g/mol. The number of unbranched alkanes of at least 4 members (excludes halogenated alkanes) is 4. The molecule has 3 aliphatic carbocycles. The molecule has 37 heavy (non-hydrogen) atoms. The highest BCUT2D eigenvalue weighted by molar-refractivity contribution is 5.69. The number of carbonyl (C=O) groups excluding carboxylic acids is 1. The maximum Gasteiger partial charge on any atom is 0.306 e. The summed E-state index contributed by atoms with van der Waals surface area (Å²) < 4.78 is 5.90. The first kappa shape index (κ1) is 30.2. The molecule has 0 amide bonds. The molecule has 3 saturated carbocycles. The van der Waals surface area contributed by atoms with E-state index < -0.39 is 0 Å². The Morgan fingerprint density at radius 3 is 2.57 bits per heavy atom. The summed E-state index contributed by atoms with van der Waals surface area (Å²) in [5.74, 6) is 3.27. The molecule has 0 aliphatic heterocycles. The van der Waals surface area contributed by atoms with Crippen molar-refractivity contribution in [3.8, 4) is 0 Å². The molecule has 0 N–H and O–H groups in total. The maximum atomic E-state index is 12.4. The van der Waals surface area contributed by atoms with Crippen LogP contribution in [0.15, 0.2) is 35.5 Å². The van der Waals surface area contributed by atoms with E-state index in [4.69, 9.17) is 4.74 Å². The zero-order valence-corrected chi connectivity index (χ0v) is 25.1. The zero-order valence-electron chi connectivity index (χ0n) is 25.1. The Hall–Kier alpha value is -1.31. The van der Waals surface area contributed by atoms with Crippen molar-refractivity contribution in [2.24, 2.45) is 29.1 Å². The fourth-order valence-electron chi connectivity index (χ4n) is 7.86. The third-order valence-corrected chi connectivity index (χ3v) is 10.1. The average Bonchev–Trinajstić information content (AvgIpc) is 3.21. The van der Waals surface area contributed by atoms with E-state index in [0.29, 0.717) is 11.8 Å². The number of rotatable bonds is 13. The van der Waals surface area contributed by atoms with Crippen LogP contribution >= 0.6 is 0 Å². The molecule has 3 rings (SSSR count). The van der Waals surface area contributed by atoms with Crippen LogP contribution in [0.1, 0.15) is 144 Å². The molecular formula is C35H58O2. The molecule has 0 aromatic rings. The number of ether oxygens (including phenoxy) is 1. The molecule has 0 spiro atoms. The molecule has 0 aromatic heterocycles. The molecule has 0 bridgehead atoms. The van der Waals surface area contributed by atoms with Crippen LogP contribution in [0.5, 0.6) is 0 Å². The molecular weight excluding hydrogens is 452 g/mol. The maximum absolute atomic E-state index is 12.4. The fourth-order valence-corrected chi connectivity index (χ4v) is 7.86. The van der Waals surface area contributed by atoms with E-state index in [1.165, 1.54) is 81.8 Å². The van der Waals surface area contributed by atoms with Gasteiger partial charge in [-0.2, -0.15) is 0 Å². The first-order valence-electron chi connectivity index (χ1n) is 16.0. The number of carbonyl (C=O) groups is 1. The van der Waals surface area contributed by atoms with Gasteiger partial charge in [0.15, 0.2) is 0 Å². The summed E-state index contributed by atoms with van der Waals surface area (Å²) in [5.41, 5.74) is 4.70. The topological polar surface area (TPSA) is 26.3 Å². The molecule has 2 nitrogen and oxygen atoms in total. The van der Waals surface area contributed by atoms with Gasteiger partial charge >= 0.3 is 5.97 Å². The Bertz CT molecular complexity index is 802. The number of allylic oxidation sites excluding steroid dienone is 4. The lowest BCUT2D eigenvalue weighted by atomic mass is 9.60. The van der Waals surface area contributed by atoms with Crippen molar-refractivity contribution in [2.45, 2.75) is 150 Å². The largest absolute Gasteiger partial charge is 0.462 e. The van der Waals surface area contributed by atoms with E-state index in [9.17, 15) is 4.79 Å². The van der Waals surface area contributed by atoms with E-state index in [2.05, 4.69) is 53.3 Å². The Labute approximate surface area is 229 Å². The summed E-state index contributed by atoms with van der Waals surface area (Å²) in [5, 5.41) is 0. The number of hydrogen-bond acceptors (Lipinski definition) is 2. The predicted octanol–water partition coefficient (Wildman–Crippen LogP) is 10.5. The van der Waals surface area contributed by atoms with Gasteiger partial charge in [0.1, 0.15) is 6.10 Å². The van der Waals surface area contributed by atoms with Crippen LogP contribution in [-0.2, 0) is 9.53 Å². The highest BCUT2D eigenvalue weighted by atomic mass is 16.5. The lowest BCUT2D eigenvalue weighted by Gasteiger charge is -2.44. The van der Waals surface area contributed by atoms with Crippen molar-refractivity contribution in [3.63, 3.8) is 0 Å².